The molecule has 230 valence electrons. The van der Waals surface area contributed by atoms with Gasteiger partial charge in [-0.05, 0) is 111 Å². The van der Waals surface area contributed by atoms with E-state index in [0.717, 1.165) is 22.3 Å². The summed E-state index contributed by atoms with van der Waals surface area (Å²) in [7, 11) is 3.06. The van der Waals surface area contributed by atoms with Crippen LogP contribution in [0.25, 0.3) is 11.1 Å². The van der Waals surface area contributed by atoms with Crippen molar-refractivity contribution in [1.29, 1.82) is 0 Å². The first-order valence-electron chi connectivity index (χ1n) is 13.8. The highest BCUT2D eigenvalue weighted by Crippen LogP contribution is 2.35. The number of carbonyl (C=O) groups excluding carboxylic acids is 2. The normalized spacial score (nSPS) is 12.1. The summed E-state index contributed by atoms with van der Waals surface area (Å²) in [5, 5.41) is 6.94. The lowest BCUT2D eigenvalue weighted by atomic mass is 10.0. The van der Waals surface area contributed by atoms with Gasteiger partial charge in [-0.1, -0.05) is 35.3 Å². The zero-order valence-electron chi connectivity index (χ0n) is 25.3. The first kappa shape index (κ1) is 32.5. The van der Waals surface area contributed by atoms with Gasteiger partial charge in [0.1, 0.15) is 23.0 Å². The number of methoxy groups -OCH3 is 2. The summed E-state index contributed by atoms with van der Waals surface area (Å²) >= 11 is 12.0. The van der Waals surface area contributed by atoms with E-state index >= 15 is 0 Å². The predicted molar refractivity (Wildman–Crippen MR) is 175 cm³/mol. The highest BCUT2D eigenvalue weighted by Gasteiger charge is 2.20. The van der Waals surface area contributed by atoms with Crippen molar-refractivity contribution in [3.8, 4) is 34.1 Å². The molecule has 0 fully saturated rings. The third kappa shape index (κ3) is 7.95. The smallest absolute Gasteiger partial charge is 0.265 e. The van der Waals surface area contributed by atoms with Gasteiger partial charge in [-0.2, -0.15) is 0 Å². The highest BCUT2D eigenvalue weighted by molar-refractivity contribution is 6.31. The molecule has 0 aliphatic rings. The molecule has 0 aliphatic heterocycles. The van der Waals surface area contributed by atoms with E-state index < -0.39 is 12.2 Å². The summed E-state index contributed by atoms with van der Waals surface area (Å²) in [6, 6.07) is 21.3. The van der Waals surface area contributed by atoms with Gasteiger partial charge in [0.25, 0.3) is 11.8 Å². The van der Waals surface area contributed by atoms with Gasteiger partial charge in [-0.3, -0.25) is 9.59 Å². The van der Waals surface area contributed by atoms with E-state index in [1.807, 2.05) is 38.1 Å². The van der Waals surface area contributed by atoms with Crippen LogP contribution in [0, 0.1) is 13.8 Å². The fourth-order valence-electron chi connectivity index (χ4n) is 4.39. The number of nitrogens with one attached hydrogen (secondary N) is 2. The fourth-order valence-corrected chi connectivity index (χ4v) is 4.85. The second-order valence-corrected chi connectivity index (χ2v) is 11.0. The maximum absolute atomic E-state index is 12.9. The van der Waals surface area contributed by atoms with E-state index in [9.17, 15) is 9.59 Å². The van der Waals surface area contributed by atoms with Crippen molar-refractivity contribution in [3.63, 3.8) is 0 Å². The Balaban J connectivity index is 1.45. The maximum Gasteiger partial charge on any atom is 0.265 e. The number of carbonyl (C=O) groups is 2. The molecule has 0 heterocycles. The zero-order valence-corrected chi connectivity index (χ0v) is 26.8. The standard InChI is InChI=1S/C34H34Cl2N2O6/c1-19-15-25(35)9-13-29(19)43-21(3)33(39)37-27-11-7-23(17-31(27)41-5)24-8-12-28(32(18-24)42-6)38-34(40)22(4)44-30-14-10-26(36)16-20(30)2/h7-18,21-22H,1-6H3,(H,37,39)(H,38,40). The van der Waals surface area contributed by atoms with Crippen LogP contribution in [0.15, 0.2) is 72.8 Å². The molecule has 2 unspecified atom stereocenters. The van der Waals surface area contributed by atoms with Crippen LogP contribution < -0.4 is 29.6 Å². The summed E-state index contributed by atoms with van der Waals surface area (Å²) in [5.74, 6) is 1.41. The third-order valence-electron chi connectivity index (χ3n) is 6.87. The molecule has 0 aromatic heterocycles. The summed E-state index contributed by atoms with van der Waals surface area (Å²) in [6.45, 7) is 7.06. The van der Waals surface area contributed by atoms with Crippen LogP contribution in [0.1, 0.15) is 25.0 Å². The molecular formula is C34H34Cl2N2O6. The monoisotopic (exact) mass is 636 g/mol. The Morgan fingerprint density at radius 1 is 0.591 bits per heavy atom. The van der Waals surface area contributed by atoms with Crippen molar-refractivity contribution in [2.45, 2.75) is 39.9 Å². The molecule has 10 heteroatoms. The molecule has 2 amide bonds. The van der Waals surface area contributed by atoms with E-state index in [2.05, 4.69) is 10.6 Å². The molecular weight excluding hydrogens is 603 g/mol. The summed E-state index contributed by atoms with van der Waals surface area (Å²) in [4.78, 5) is 25.8. The van der Waals surface area contributed by atoms with Crippen molar-refractivity contribution in [1.82, 2.24) is 0 Å². The molecule has 0 spiro atoms. The number of aryl methyl sites for hydroxylation is 2. The van der Waals surface area contributed by atoms with Gasteiger partial charge in [-0.25, -0.2) is 0 Å². The number of benzene rings is 4. The molecule has 0 radical (unpaired) electrons. The van der Waals surface area contributed by atoms with Crippen LogP contribution in [-0.4, -0.2) is 38.2 Å². The number of anilines is 2. The van der Waals surface area contributed by atoms with Crippen LogP contribution in [0.2, 0.25) is 10.0 Å². The quantitative estimate of drug-likeness (QED) is 0.173. The number of rotatable bonds is 11. The second kappa shape index (κ2) is 14.4. The SMILES string of the molecule is COc1cc(-c2ccc(NC(=O)C(C)Oc3ccc(Cl)cc3C)c(OC)c2)ccc1NC(=O)C(C)Oc1ccc(Cl)cc1C. The van der Waals surface area contributed by atoms with E-state index in [1.165, 1.54) is 14.2 Å². The van der Waals surface area contributed by atoms with Gasteiger partial charge in [0.05, 0.1) is 25.6 Å². The second-order valence-electron chi connectivity index (χ2n) is 10.1. The molecule has 2 atom stereocenters. The maximum atomic E-state index is 12.9. The third-order valence-corrected chi connectivity index (χ3v) is 7.34. The fraction of sp³-hybridized carbons (Fsp3) is 0.235. The van der Waals surface area contributed by atoms with Crippen molar-refractivity contribution in [3.05, 3.63) is 94.0 Å². The molecule has 0 saturated heterocycles. The van der Waals surface area contributed by atoms with Crippen molar-refractivity contribution < 1.29 is 28.5 Å². The number of hydrogen-bond acceptors (Lipinski definition) is 6. The highest BCUT2D eigenvalue weighted by atomic mass is 35.5. The first-order valence-corrected chi connectivity index (χ1v) is 14.6. The Morgan fingerprint density at radius 3 is 1.32 bits per heavy atom. The van der Waals surface area contributed by atoms with E-state index in [-0.39, 0.29) is 11.8 Å². The first-order chi connectivity index (χ1) is 21.0. The number of ether oxygens (including phenoxy) is 4. The minimum Gasteiger partial charge on any atom is -0.495 e. The van der Waals surface area contributed by atoms with Gasteiger partial charge in [0.15, 0.2) is 12.2 Å². The molecule has 0 saturated carbocycles. The van der Waals surface area contributed by atoms with Crippen LogP contribution >= 0.6 is 23.2 Å². The van der Waals surface area contributed by atoms with Crippen LogP contribution in [0.3, 0.4) is 0 Å². The van der Waals surface area contributed by atoms with Gasteiger partial charge in [0.2, 0.25) is 0 Å². The average molecular weight is 638 g/mol. The lowest BCUT2D eigenvalue weighted by molar-refractivity contribution is -0.122. The van der Waals surface area contributed by atoms with Gasteiger partial charge in [0, 0.05) is 10.0 Å². The lowest BCUT2D eigenvalue weighted by Gasteiger charge is -2.19. The summed E-state index contributed by atoms with van der Waals surface area (Å²) in [5.41, 5.74) is 4.27. The molecule has 44 heavy (non-hydrogen) atoms. The van der Waals surface area contributed by atoms with E-state index in [4.69, 9.17) is 42.1 Å². The Kier molecular flexibility index (Phi) is 10.6. The topological polar surface area (TPSA) is 95.1 Å². The van der Waals surface area contributed by atoms with Crippen LogP contribution in [-0.2, 0) is 9.59 Å². The minimum atomic E-state index is -0.769. The van der Waals surface area contributed by atoms with Crippen molar-refractivity contribution in [2.24, 2.45) is 0 Å². The Hall–Kier alpha value is -4.40. The average Bonchev–Trinajstić information content (AvgIpc) is 3.00. The van der Waals surface area contributed by atoms with E-state index in [1.54, 1.807) is 62.4 Å². The number of hydrogen-bond donors (Lipinski definition) is 2. The zero-order chi connectivity index (χ0) is 32.0. The predicted octanol–water partition coefficient (Wildman–Crippen LogP) is 8.11. The van der Waals surface area contributed by atoms with Gasteiger partial charge >= 0.3 is 0 Å². The summed E-state index contributed by atoms with van der Waals surface area (Å²) < 4.78 is 22.9. The minimum absolute atomic E-state index is 0.336. The molecule has 8 nitrogen and oxygen atoms in total. The van der Waals surface area contributed by atoms with E-state index in [0.29, 0.717) is 44.4 Å². The Labute approximate surface area is 267 Å². The van der Waals surface area contributed by atoms with Crippen molar-refractivity contribution >= 4 is 46.4 Å². The molecule has 2 N–H and O–H groups in total. The van der Waals surface area contributed by atoms with Crippen LogP contribution in [0.5, 0.6) is 23.0 Å². The largest absolute Gasteiger partial charge is 0.495 e. The summed E-state index contributed by atoms with van der Waals surface area (Å²) in [6.07, 6.45) is -1.54. The molecule has 4 aromatic rings. The molecule has 4 rings (SSSR count). The molecule has 4 aromatic carbocycles. The Morgan fingerprint density at radius 2 is 0.977 bits per heavy atom. The number of amides is 2. The van der Waals surface area contributed by atoms with Crippen molar-refractivity contribution in [2.75, 3.05) is 24.9 Å². The molecule has 0 aliphatic carbocycles. The Bertz CT molecular complexity index is 1550. The lowest BCUT2D eigenvalue weighted by Crippen LogP contribution is -2.30. The molecule has 0 bridgehead atoms. The van der Waals surface area contributed by atoms with Crippen LogP contribution in [0.4, 0.5) is 11.4 Å². The number of halogens is 2. The van der Waals surface area contributed by atoms with Gasteiger partial charge in [-0.15, -0.1) is 0 Å². The van der Waals surface area contributed by atoms with Gasteiger partial charge < -0.3 is 29.6 Å².